The Balaban J connectivity index is 1.76. The molecule has 9 N–H and O–H groups in total. The highest BCUT2D eigenvalue weighted by atomic mass is 19.1. The normalized spacial score (nSPS) is 10.7. The number of anilines is 1. The number of hydrogen-bond acceptors (Lipinski definition) is 8. The van der Waals surface area contributed by atoms with Crippen LogP contribution in [0, 0.1) is 22.5 Å². The maximum Gasteiger partial charge on any atom is 0.328 e. The SMILES string of the molecule is N=C(N)Nc1cccc(Oc2nc(Oc3cc(C(=N)N)ccc3O)c(F)c(Oc3ccc(/C=C/C(=O)O)cc3)c2F)c1. The molecule has 14 heteroatoms. The first-order chi connectivity index (χ1) is 20.0. The molecule has 0 radical (unpaired) electrons. The maximum absolute atomic E-state index is 15.6. The van der Waals surface area contributed by atoms with E-state index in [1.54, 1.807) is 6.07 Å². The number of aromatic hydroxyl groups is 1. The van der Waals surface area contributed by atoms with Crippen molar-refractivity contribution in [3.05, 3.63) is 95.6 Å². The van der Waals surface area contributed by atoms with Crippen molar-refractivity contribution in [1.82, 2.24) is 4.98 Å². The summed E-state index contributed by atoms with van der Waals surface area (Å²) in [5.74, 6) is -8.02. The van der Waals surface area contributed by atoms with Crippen LogP contribution in [-0.2, 0) is 4.79 Å². The minimum Gasteiger partial charge on any atom is -0.504 e. The molecule has 0 amide bonds. The molecule has 1 aromatic heterocycles. The fraction of sp³-hybridized carbons (Fsp3) is 0. The number of phenolic OH excluding ortho intramolecular Hbond substituents is 1. The van der Waals surface area contributed by atoms with Crippen LogP contribution in [0.1, 0.15) is 11.1 Å². The molecule has 0 aliphatic rings. The maximum atomic E-state index is 15.6. The topological polar surface area (TPSA) is 210 Å². The minimum atomic E-state index is -1.39. The summed E-state index contributed by atoms with van der Waals surface area (Å²) in [7, 11) is 0. The van der Waals surface area contributed by atoms with Gasteiger partial charge in [0.2, 0.25) is 17.4 Å². The summed E-state index contributed by atoms with van der Waals surface area (Å²) in [6.07, 6.45) is 2.23. The van der Waals surface area contributed by atoms with Gasteiger partial charge in [-0.2, -0.15) is 13.8 Å². The Kier molecular flexibility index (Phi) is 8.46. The van der Waals surface area contributed by atoms with Gasteiger partial charge < -0.3 is 41.2 Å². The summed E-state index contributed by atoms with van der Waals surface area (Å²) in [6.45, 7) is 0. The highest BCUT2D eigenvalue weighted by Gasteiger charge is 2.26. The van der Waals surface area contributed by atoms with Gasteiger partial charge in [0.15, 0.2) is 17.5 Å². The van der Waals surface area contributed by atoms with Crippen LogP contribution in [0.2, 0.25) is 0 Å². The number of amidine groups is 1. The molecule has 0 aliphatic heterocycles. The second kappa shape index (κ2) is 12.3. The van der Waals surface area contributed by atoms with Crippen molar-refractivity contribution < 1.29 is 38.0 Å². The van der Waals surface area contributed by atoms with Crippen molar-refractivity contribution in [2.24, 2.45) is 11.5 Å². The van der Waals surface area contributed by atoms with Gasteiger partial charge in [-0.15, -0.1) is 0 Å². The third kappa shape index (κ3) is 7.06. The number of phenols is 1. The van der Waals surface area contributed by atoms with Gasteiger partial charge in [0, 0.05) is 23.4 Å². The highest BCUT2D eigenvalue weighted by molar-refractivity contribution is 5.95. The molecule has 1 heterocycles. The van der Waals surface area contributed by atoms with Gasteiger partial charge in [0.05, 0.1) is 0 Å². The number of ether oxygens (including phenoxy) is 3. The van der Waals surface area contributed by atoms with Crippen LogP contribution < -0.4 is 31.0 Å². The van der Waals surface area contributed by atoms with Crippen LogP contribution in [0.3, 0.4) is 0 Å². The van der Waals surface area contributed by atoms with E-state index in [-0.39, 0.29) is 34.6 Å². The first-order valence-corrected chi connectivity index (χ1v) is 11.8. The van der Waals surface area contributed by atoms with Gasteiger partial charge in [0.1, 0.15) is 17.3 Å². The van der Waals surface area contributed by atoms with E-state index in [4.69, 9.17) is 41.6 Å². The average molecular weight is 577 g/mol. The lowest BCUT2D eigenvalue weighted by molar-refractivity contribution is -0.131. The van der Waals surface area contributed by atoms with E-state index in [1.165, 1.54) is 54.6 Å². The Morgan fingerprint density at radius 3 is 2.24 bits per heavy atom. The van der Waals surface area contributed by atoms with Crippen molar-refractivity contribution in [2.75, 3.05) is 5.32 Å². The van der Waals surface area contributed by atoms with Crippen molar-refractivity contribution in [3.63, 3.8) is 0 Å². The molecular formula is C28H22F2N6O6. The minimum absolute atomic E-state index is 0.0205. The summed E-state index contributed by atoms with van der Waals surface area (Å²) < 4.78 is 47.8. The van der Waals surface area contributed by atoms with Crippen molar-refractivity contribution in [1.29, 1.82) is 10.8 Å². The van der Waals surface area contributed by atoms with Crippen molar-refractivity contribution in [3.8, 4) is 40.5 Å². The standard InChI is InChI=1S/C28H22F2N6O6/c29-22-24(40-17-8-4-14(5-9-17)6-11-21(38)39)23(30)27(42-20-12-15(25(31)32)7-10-19(20)37)36-26(22)41-18-3-1-2-16(13-18)35-28(33)34/h1-13,37H,(H3,31,32)(H,38,39)(H4,33,34,35)/b11-6+. The predicted molar refractivity (Wildman–Crippen MR) is 149 cm³/mol. The van der Waals surface area contributed by atoms with Crippen molar-refractivity contribution in [2.45, 2.75) is 0 Å². The molecule has 12 nitrogen and oxygen atoms in total. The van der Waals surface area contributed by atoms with Gasteiger partial charge in [0.25, 0.3) is 11.8 Å². The quantitative estimate of drug-likeness (QED) is 0.0751. The van der Waals surface area contributed by atoms with E-state index in [0.717, 1.165) is 18.2 Å². The number of guanidine groups is 1. The molecule has 0 fully saturated rings. The van der Waals surface area contributed by atoms with Crippen LogP contribution in [0.25, 0.3) is 6.08 Å². The third-order valence-electron chi connectivity index (χ3n) is 5.30. The number of carboxylic acid groups (broad SMARTS) is 1. The van der Waals surface area contributed by atoms with Crippen LogP contribution >= 0.6 is 0 Å². The molecule has 0 bridgehead atoms. The number of aromatic nitrogens is 1. The van der Waals surface area contributed by atoms with Gasteiger partial charge in [-0.1, -0.05) is 18.2 Å². The zero-order valence-electron chi connectivity index (χ0n) is 21.4. The van der Waals surface area contributed by atoms with Crippen molar-refractivity contribution >= 4 is 29.5 Å². The smallest absolute Gasteiger partial charge is 0.328 e. The monoisotopic (exact) mass is 576 g/mol. The number of nitrogens with one attached hydrogen (secondary N) is 3. The van der Waals surface area contributed by atoms with Gasteiger partial charge in [-0.25, -0.2) is 4.79 Å². The summed E-state index contributed by atoms with van der Waals surface area (Å²) >= 11 is 0. The number of aliphatic carboxylic acids is 1. The van der Waals surface area contributed by atoms with Crippen LogP contribution in [0.4, 0.5) is 14.5 Å². The average Bonchev–Trinajstić information content (AvgIpc) is 2.94. The molecule has 0 atom stereocenters. The lowest BCUT2D eigenvalue weighted by atomic mass is 10.2. The lowest BCUT2D eigenvalue weighted by Crippen LogP contribution is -2.20. The van der Waals surface area contributed by atoms with Gasteiger partial charge >= 0.3 is 5.97 Å². The number of rotatable bonds is 10. The largest absolute Gasteiger partial charge is 0.504 e. The second-order valence-electron chi connectivity index (χ2n) is 8.39. The zero-order valence-corrected chi connectivity index (χ0v) is 21.4. The number of pyridine rings is 1. The lowest BCUT2D eigenvalue weighted by Gasteiger charge is -2.15. The number of benzene rings is 3. The Morgan fingerprint density at radius 2 is 1.60 bits per heavy atom. The highest BCUT2D eigenvalue weighted by Crippen LogP contribution is 2.41. The van der Waals surface area contributed by atoms with E-state index in [0.29, 0.717) is 11.3 Å². The number of nitrogens with zero attached hydrogens (tertiary/aromatic N) is 1. The number of nitrogens with two attached hydrogens (primary N) is 2. The number of halogens is 2. The molecule has 4 rings (SSSR count). The number of carbonyl (C=O) groups is 1. The second-order valence-corrected chi connectivity index (χ2v) is 8.39. The Bertz CT molecular complexity index is 1710. The number of nitrogen functional groups attached to an aromatic ring is 1. The number of carboxylic acids is 1. The molecule has 42 heavy (non-hydrogen) atoms. The third-order valence-corrected chi connectivity index (χ3v) is 5.30. The fourth-order valence-electron chi connectivity index (χ4n) is 3.41. The van der Waals surface area contributed by atoms with E-state index in [9.17, 15) is 9.90 Å². The Hall–Kier alpha value is -6.18. The molecule has 4 aromatic rings. The molecule has 0 aliphatic carbocycles. The summed E-state index contributed by atoms with van der Waals surface area (Å²) in [5, 5.41) is 36.5. The summed E-state index contributed by atoms with van der Waals surface area (Å²) in [6, 6.07) is 15.1. The zero-order chi connectivity index (χ0) is 30.4. The molecular weight excluding hydrogens is 554 g/mol. The predicted octanol–water partition coefficient (Wildman–Crippen LogP) is 5.13. The molecule has 214 valence electrons. The molecule has 0 saturated carbocycles. The first kappa shape index (κ1) is 28.8. The molecule has 0 unspecified atom stereocenters. The van der Waals surface area contributed by atoms with E-state index >= 15 is 8.78 Å². The molecule has 0 spiro atoms. The molecule has 3 aromatic carbocycles. The van der Waals surface area contributed by atoms with Gasteiger partial charge in [-0.05, 0) is 54.1 Å². The Labute approximate surface area is 236 Å². The van der Waals surface area contributed by atoms with Crippen LogP contribution in [0.5, 0.6) is 40.5 Å². The Morgan fingerprint density at radius 1 is 0.905 bits per heavy atom. The summed E-state index contributed by atoms with van der Waals surface area (Å²) in [4.78, 5) is 14.5. The van der Waals surface area contributed by atoms with E-state index in [1.807, 2.05) is 0 Å². The fourth-order valence-corrected chi connectivity index (χ4v) is 3.41. The van der Waals surface area contributed by atoms with Crippen LogP contribution in [0.15, 0.2) is 72.8 Å². The van der Waals surface area contributed by atoms with Crippen LogP contribution in [-0.4, -0.2) is 33.0 Å². The molecule has 0 saturated heterocycles. The summed E-state index contributed by atoms with van der Waals surface area (Å²) in [5.41, 5.74) is 11.8. The number of hydrogen-bond donors (Lipinski definition) is 7. The van der Waals surface area contributed by atoms with E-state index < -0.39 is 40.9 Å². The van der Waals surface area contributed by atoms with E-state index in [2.05, 4.69) is 10.3 Å². The first-order valence-electron chi connectivity index (χ1n) is 11.8. The van der Waals surface area contributed by atoms with Gasteiger partial charge in [-0.3, -0.25) is 10.8 Å².